The zero-order valence-corrected chi connectivity index (χ0v) is 10.2. The number of methoxy groups -OCH3 is 1. The molecule has 1 heterocycles. The lowest BCUT2D eigenvalue weighted by Gasteiger charge is -2.23. The van der Waals surface area contributed by atoms with E-state index in [4.69, 9.17) is 11.6 Å². The summed E-state index contributed by atoms with van der Waals surface area (Å²) in [6, 6.07) is 1.84. The first-order valence-corrected chi connectivity index (χ1v) is 5.48. The molecule has 0 aliphatic heterocycles. The number of ether oxygens (including phenoxy) is 1. The van der Waals surface area contributed by atoms with E-state index >= 15 is 0 Å². The maximum Gasteiger partial charge on any atom is 0.307 e. The van der Waals surface area contributed by atoms with Gasteiger partial charge in [-0.15, -0.1) is 0 Å². The van der Waals surface area contributed by atoms with Crippen molar-refractivity contribution in [3.8, 4) is 0 Å². The molecule has 0 spiro atoms. The Morgan fingerprint density at radius 2 is 2.38 bits per heavy atom. The topological polar surface area (TPSA) is 42.4 Å². The molecule has 4 nitrogen and oxygen atoms in total. The number of rotatable bonds is 5. The van der Waals surface area contributed by atoms with Crippen LogP contribution in [0.5, 0.6) is 0 Å². The number of hydrogen-bond donors (Lipinski definition) is 0. The van der Waals surface area contributed by atoms with Crippen molar-refractivity contribution in [1.82, 2.24) is 4.98 Å². The Morgan fingerprint density at radius 3 is 2.94 bits per heavy atom. The van der Waals surface area contributed by atoms with E-state index in [9.17, 15) is 4.79 Å². The van der Waals surface area contributed by atoms with Crippen LogP contribution in [0.2, 0.25) is 5.02 Å². The van der Waals surface area contributed by atoms with Gasteiger partial charge >= 0.3 is 5.97 Å². The molecule has 0 saturated carbocycles. The van der Waals surface area contributed by atoms with Gasteiger partial charge in [0.15, 0.2) is 0 Å². The molecule has 0 aliphatic carbocycles. The van der Waals surface area contributed by atoms with Crippen molar-refractivity contribution in [2.24, 2.45) is 0 Å². The summed E-state index contributed by atoms with van der Waals surface area (Å²) in [5.74, 6) is -0.219. The highest BCUT2D eigenvalue weighted by Gasteiger charge is 2.10. The predicted octanol–water partition coefficient (Wildman–Crippen LogP) is 2.12. The molecule has 5 heteroatoms. The molecule has 16 heavy (non-hydrogen) atoms. The van der Waals surface area contributed by atoms with Crippen LogP contribution in [0, 0.1) is 0 Å². The van der Waals surface area contributed by atoms with Crippen molar-refractivity contribution in [3.63, 3.8) is 0 Å². The zero-order chi connectivity index (χ0) is 12.0. The number of hydrogen-bond acceptors (Lipinski definition) is 4. The van der Waals surface area contributed by atoms with Gasteiger partial charge in [-0.05, 0) is 13.0 Å². The lowest BCUT2D eigenvalue weighted by molar-refractivity contribution is -0.140. The molecule has 88 valence electrons. The highest BCUT2D eigenvalue weighted by atomic mass is 35.5. The molecule has 1 aromatic heterocycles. The number of pyridine rings is 1. The number of carbonyl (C=O) groups is 1. The van der Waals surface area contributed by atoms with E-state index in [0.717, 1.165) is 12.2 Å². The number of aromatic nitrogens is 1. The van der Waals surface area contributed by atoms with Crippen molar-refractivity contribution in [3.05, 3.63) is 23.5 Å². The molecule has 0 radical (unpaired) electrons. The van der Waals surface area contributed by atoms with Gasteiger partial charge in [0, 0.05) is 25.5 Å². The Labute approximate surface area is 100 Å². The Morgan fingerprint density at radius 1 is 1.62 bits per heavy atom. The fourth-order valence-corrected chi connectivity index (χ4v) is 1.64. The largest absolute Gasteiger partial charge is 0.469 e. The zero-order valence-electron chi connectivity index (χ0n) is 9.44. The van der Waals surface area contributed by atoms with Gasteiger partial charge in [-0.25, -0.2) is 0 Å². The molecule has 1 aromatic rings. The highest BCUT2D eigenvalue weighted by molar-refractivity contribution is 6.33. The Bertz CT molecular complexity index is 358. The number of anilines is 1. The maximum absolute atomic E-state index is 11.1. The van der Waals surface area contributed by atoms with Crippen molar-refractivity contribution in [1.29, 1.82) is 0 Å². The van der Waals surface area contributed by atoms with Crippen LogP contribution in [0.4, 0.5) is 5.69 Å². The van der Waals surface area contributed by atoms with Crippen LogP contribution in [-0.4, -0.2) is 31.2 Å². The van der Waals surface area contributed by atoms with Crippen LogP contribution in [0.15, 0.2) is 18.5 Å². The average molecular weight is 243 g/mol. The third-order valence-corrected chi connectivity index (χ3v) is 2.58. The van der Waals surface area contributed by atoms with E-state index in [-0.39, 0.29) is 5.97 Å². The fourth-order valence-electron chi connectivity index (χ4n) is 1.40. The summed E-state index contributed by atoms with van der Waals surface area (Å²) in [7, 11) is 1.39. The first kappa shape index (κ1) is 12.8. The van der Waals surface area contributed by atoms with Crippen LogP contribution in [-0.2, 0) is 9.53 Å². The molecule has 0 unspecified atom stereocenters. The Hall–Kier alpha value is -1.29. The molecule has 0 amide bonds. The van der Waals surface area contributed by atoms with Gasteiger partial charge in [-0.1, -0.05) is 11.6 Å². The van der Waals surface area contributed by atoms with Gasteiger partial charge in [-0.3, -0.25) is 9.78 Å². The summed E-state index contributed by atoms with van der Waals surface area (Å²) in [4.78, 5) is 17.0. The summed E-state index contributed by atoms with van der Waals surface area (Å²) >= 11 is 6.03. The number of halogens is 1. The molecule has 0 aliphatic rings. The van der Waals surface area contributed by atoms with Crippen LogP contribution in [0.1, 0.15) is 13.3 Å². The minimum atomic E-state index is -0.219. The normalized spacial score (nSPS) is 9.94. The molecule has 0 N–H and O–H groups in total. The first-order chi connectivity index (χ1) is 7.69. The standard InChI is InChI=1S/C11H15ClN2O2/c1-3-14(7-5-11(15)16-2)10-4-6-13-8-9(10)12/h4,6,8H,3,5,7H2,1-2H3. The highest BCUT2D eigenvalue weighted by Crippen LogP contribution is 2.23. The lowest BCUT2D eigenvalue weighted by atomic mass is 10.3. The summed E-state index contributed by atoms with van der Waals surface area (Å²) in [6.07, 6.45) is 3.63. The monoisotopic (exact) mass is 242 g/mol. The van der Waals surface area contributed by atoms with Gasteiger partial charge in [0.05, 0.1) is 24.2 Å². The van der Waals surface area contributed by atoms with Crippen molar-refractivity contribution in [2.75, 3.05) is 25.1 Å². The molecule has 0 saturated heterocycles. The van der Waals surface area contributed by atoms with E-state index in [1.807, 2.05) is 17.9 Å². The van der Waals surface area contributed by atoms with Gasteiger partial charge < -0.3 is 9.64 Å². The second-order valence-electron chi connectivity index (χ2n) is 3.23. The van der Waals surface area contributed by atoms with E-state index in [1.165, 1.54) is 7.11 Å². The maximum atomic E-state index is 11.1. The summed E-state index contributed by atoms with van der Waals surface area (Å²) in [5.41, 5.74) is 0.892. The Balaban J connectivity index is 2.68. The summed E-state index contributed by atoms with van der Waals surface area (Å²) in [6.45, 7) is 3.38. The smallest absolute Gasteiger partial charge is 0.307 e. The fraction of sp³-hybridized carbons (Fsp3) is 0.455. The van der Waals surface area contributed by atoms with Gasteiger partial charge in [0.1, 0.15) is 0 Å². The molecule has 0 fully saturated rings. The second-order valence-corrected chi connectivity index (χ2v) is 3.64. The van der Waals surface area contributed by atoms with Crippen LogP contribution < -0.4 is 4.90 Å². The van der Waals surface area contributed by atoms with Crippen molar-refractivity contribution >= 4 is 23.3 Å². The Kier molecular flexibility index (Phi) is 5.05. The van der Waals surface area contributed by atoms with Crippen molar-refractivity contribution in [2.45, 2.75) is 13.3 Å². The minimum Gasteiger partial charge on any atom is -0.469 e. The molecular formula is C11H15ClN2O2. The van der Waals surface area contributed by atoms with E-state index < -0.39 is 0 Å². The van der Waals surface area contributed by atoms with E-state index in [2.05, 4.69) is 9.72 Å². The first-order valence-electron chi connectivity index (χ1n) is 5.10. The van der Waals surface area contributed by atoms with Gasteiger partial charge in [-0.2, -0.15) is 0 Å². The van der Waals surface area contributed by atoms with Gasteiger partial charge in [0.25, 0.3) is 0 Å². The lowest BCUT2D eigenvalue weighted by Crippen LogP contribution is -2.26. The number of nitrogens with zero attached hydrogens (tertiary/aromatic N) is 2. The molecule has 0 bridgehead atoms. The van der Waals surface area contributed by atoms with Crippen LogP contribution in [0.25, 0.3) is 0 Å². The second kappa shape index (κ2) is 6.33. The van der Waals surface area contributed by atoms with E-state index in [0.29, 0.717) is 18.0 Å². The van der Waals surface area contributed by atoms with Crippen LogP contribution in [0.3, 0.4) is 0 Å². The third-order valence-electron chi connectivity index (χ3n) is 2.29. The SMILES string of the molecule is CCN(CCC(=O)OC)c1ccncc1Cl. The minimum absolute atomic E-state index is 0.219. The molecule has 1 rings (SSSR count). The van der Waals surface area contributed by atoms with Crippen LogP contribution >= 0.6 is 11.6 Å². The van der Waals surface area contributed by atoms with Crippen molar-refractivity contribution < 1.29 is 9.53 Å². The molecule has 0 atom stereocenters. The quantitative estimate of drug-likeness (QED) is 0.742. The predicted molar refractivity (Wildman–Crippen MR) is 63.8 cm³/mol. The average Bonchev–Trinajstić information content (AvgIpc) is 2.31. The summed E-state index contributed by atoms with van der Waals surface area (Å²) in [5, 5.41) is 0.592. The molecular weight excluding hydrogens is 228 g/mol. The number of carbonyl (C=O) groups excluding carboxylic acids is 1. The number of esters is 1. The van der Waals surface area contributed by atoms with E-state index in [1.54, 1.807) is 12.4 Å². The molecule has 0 aromatic carbocycles. The van der Waals surface area contributed by atoms with Gasteiger partial charge in [0.2, 0.25) is 0 Å². The third kappa shape index (κ3) is 3.38. The summed E-state index contributed by atoms with van der Waals surface area (Å²) < 4.78 is 4.60.